The van der Waals surface area contributed by atoms with E-state index in [1.165, 1.54) is 6.07 Å². The first-order valence-electron chi connectivity index (χ1n) is 4.82. The van der Waals surface area contributed by atoms with Crippen LogP contribution in [-0.4, -0.2) is 11.2 Å². The van der Waals surface area contributed by atoms with Gasteiger partial charge in [0.1, 0.15) is 6.29 Å². The highest BCUT2D eigenvalue weighted by Gasteiger charge is 2.12. The van der Waals surface area contributed by atoms with Crippen LogP contribution < -0.4 is 0 Å². The van der Waals surface area contributed by atoms with Gasteiger partial charge in [-0.25, -0.2) is 0 Å². The minimum Gasteiger partial charge on any atom is -0.303 e. The third kappa shape index (κ3) is 1.65. The zero-order valence-electron chi connectivity index (χ0n) is 8.42. The molecule has 0 atom stereocenters. The van der Waals surface area contributed by atoms with Crippen molar-refractivity contribution < 1.29 is 9.72 Å². The molecule has 0 saturated heterocycles. The number of carbonyl (C=O) groups excluding carboxylic acids is 1. The van der Waals surface area contributed by atoms with Crippen molar-refractivity contribution >= 4 is 22.7 Å². The van der Waals surface area contributed by atoms with Crippen LogP contribution >= 0.6 is 0 Å². The van der Waals surface area contributed by atoms with Crippen LogP contribution in [0.4, 0.5) is 5.69 Å². The number of nitrogens with zero attached hydrogens (tertiary/aromatic N) is 1. The van der Waals surface area contributed by atoms with Crippen molar-refractivity contribution in [3.63, 3.8) is 0 Å². The SMILES string of the molecule is O=CCc1cccc2c([N+](=O)[O-])cccc12. The van der Waals surface area contributed by atoms with Crippen LogP contribution in [0.1, 0.15) is 5.56 Å². The molecule has 0 aliphatic rings. The summed E-state index contributed by atoms with van der Waals surface area (Å²) in [5.41, 5.74) is 0.890. The molecule has 0 fully saturated rings. The molecule has 0 radical (unpaired) electrons. The molecule has 0 unspecified atom stereocenters. The van der Waals surface area contributed by atoms with Crippen LogP contribution in [0.5, 0.6) is 0 Å². The molecule has 0 saturated carbocycles. The Morgan fingerprint density at radius 1 is 1.12 bits per heavy atom. The number of benzene rings is 2. The van der Waals surface area contributed by atoms with Gasteiger partial charge in [-0.2, -0.15) is 0 Å². The summed E-state index contributed by atoms with van der Waals surface area (Å²) in [6.07, 6.45) is 1.08. The molecule has 0 N–H and O–H groups in total. The van der Waals surface area contributed by atoms with Gasteiger partial charge < -0.3 is 4.79 Å². The van der Waals surface area contributed by atoms with Crippen LogP contribution in [0.3, 0.4) is 0 Å². The molecular formula is C12H9NO3. The predicted molar refractivity (Wildman–Crippen MR) is 60.4 cm³/mol. The maximum Gasteiger partial charge on any atom is 0.277 e. The summed E-state index contributed by atoms with van der Waals surface area (Å²) < 4.78 is 0. The molecule has 0 aliphatic heterocycles. The standard InChI is InChI=1S/C12H9NO3/c14-8-7-9-3-1-5-11-10(9)4-2-6-12(11)13(15)16/h1-6,8H,7H2. The van der Waals surface area contributed by atoms with E-state index in [0.717, 1.165) is 17.2 Å². The van der Waals surface area contributed by atoms with Gasteiger partial charge in [-0.1, -0.05) is 24.3 Å². The Kier molecular flexibility index (Phi) is 2.64. The number of aldehydes is 1. The number of carbonyl (C=O) groups is 1. The number of non-ortho nitro benzene ring substituents is 1. The molecule has 16 heavy (non-hydrogen) atoms. The van der Waals surface area contributed by atoms with Crippen LogP contribution in [-0.2, 0) is 11.2 Å². The Labute approximate surface area is 91.7 Å². The largest absolute Gasteiger partial charge is 0.303 e. The van der Waals surface area contributed by atoms with Crippen LogP contribution in [0.15, 0.2) is 36.4 Å². The van der Waals surface area contributed by atoms with Gasteiger partial charge in [0.15, 0.2) is 0 Å². The lowest BCUT2D eigenvalue weighted by Gasteiger charge is -2.03. The number of hydrogen-bond donors (Lipinski definition) is 0. The van der Waals surface area contributed by atoms with Gasteiger partial charge in [-0.3, -0.25) is 10.1 Å². The molecule has 4 nitrogen and oxygen atoms in total. The highest BCUT2D eigenvalue weighted by molar-refractivity contribution is 5.94. The first kappa shape index (κ1) is 10.3. The Morgan fingerprint density at radius 2 is 1.81 bits per heavy atom. The minimum absolute atomic E-state index is 0.0743. The first-order chi connectivity index (χ1) is 7.74. The Bertz CT molecular complexity index is 563. The molecule has 0 aromatic heterocycles. The van der Waals surface area contributed by atoms with E-state index in [9.17, 15) is 14.9 Å². The molecular weight excluding hydrogens is 206 g/mol. The molecule has 2 rings (SSSR count). The van der Waals surface area contributed by atoms with E-state index >= 15 is 0 Å². The molecule has 0 aliphatic carbocycles. The maximum atomic E-state index is 10.8. The van der Waals surface area contributed by atoms with E-state index in [4.69, 9.17) is 0 Å². The summed E-state index contributed by atoms with van der Waals surface area (Å²) in [5.74, 6) is 0. The molecule has 0 spiro atoms. The fraction of sp³-hybridized carbons (Fsp3) is 0.0833. The maximum absolute atomic E-state index is 10.8. The summed E-state index contributed by atoms with van der Waals surface area (Å²) in [5, 5.41) is 12.2. The fourth-order valence-electron chi connectivity index (χ4n) is 1.79. The average Bonchev–Trinajstić information content (AvgIpc) is 2.29. The van der Waals surface area contributed by atoms with Crippen molar-refractivity contribution in [3.05, 3.63) is 52.1 Å². The second kappa shape index (κ2) is 4.10. The van der Waals surface area contributed by atoms with E-state index in [1.807, 2.05) is 0 Å². The predicted octanol–water partition coefficient (Wildman–Crippen LogP) is 2.49. The highest BCUT2D eigenvalue weighted by atomic mass is 16.6. The van der Waals surface area contributed by atoms with Gasteiger partial charge in [-0.05, 0) is 17.0 Å². The molecule has 0 amide bonds. The van der Waals surface area contributed by atoms with Crippen LogP contribution in [0, 0.1) is 10.1 Å². The lowest BCUT2D eigenvalue weighted by Crippen LogP contribution is -1.92. The minimum atomic E-state index is -0.410. The number of rotatable bonds is 3. The number of nitro benzene ring substituents is 1. The van der Waals surface area contributed by atoms with Gasteiger partial charge in [-0.15, -0.1) is 0 Å². The summed E-state index contributed by atoms with van der Waals surface area (Å²) in [4.78, 5) is 20.9. The van der Waals surface area contributed by atoms with E-state index < -0.39 is 4.92 Å². The van der Waals surface area contributed by atoms with Crippen molar-refractivity contribution in [2.45, 2.75) is 6.42 Å². The molecule has 80 valence electrons. The van der Waals surface area contributed by atoms with E-state index in [2.05, 4.69) is 0 Å². The average molecular weight is 215 g/mol. The van der Waals surface area contributed by atoms with Crippen LogP contribution in [0.25, 0.3) is 10.8 Å². The van der Waals surface area contributed by atoms with Gasteiger partial charge in [0.05, 0.1) is 10.3 Å². The first-order valence-corrected chi connectivity index (χ1v) is 4.82. The van der Waals surface area contributed by atoms with Gasteiger partial charge >= 0.3 is 0 Å². The highest BCUT2D eigenvalue weighted by Crippen LogP contribution is 2.27. The molecule has 0 bridgehead atoms. The number of fused-ring (bicyclic) bond motifs is 1. The summed E-state index contributed by atoms with van der Waals surface area (Å²) in [6.45, 7) is 0. The number of hydrogen-bond acceptors (Lipinski definition) is 3. The van der Waals surface area contributed by atoms with Gasteiger partial charge in [0.25, 0.3) is 5.69 Å². The Hall–Kier alpha value is -2.23. The number of nitro groups is 1. The lowest BCUT2D eigenvalue weighted by atomic mass is 10.0. The third-order valence-corrected chi connectivity index (χ3v) is 2.49. The molecule has 2 aromatic carbocycles. The topological polar surface area (TPSA) is 60.2 Å². The summed E-state index contributed by atoms with van der Waals surface area (Å²) >= 11 is 0. The lowest BCUT2D eigenvalue weighted by molar-refractivity contribution is -0.383. The van der Waals surface area contributed by atoms with E-state index in [1.54, 1.807) is 30.3 Å². The molecule has 2 aromatic rings. The monoisotopic (exact) mass is 215 g/mol. The van der Waals surface area contributed by atoms with Crippen LogP contribution in [0.2, 0.25) is 0 Å². The van der Waals surface area contributed by atoms with Crippen molar-refractivity contribution in [2.24, 2.45) is 0 Å². The Morgan fingerprint density at radius 3 is 2.50 bits per heavy atom. The smallest absolute Gasteiger partial charge is 0.277 e. The quantitative estimate of drug-likeness (QED) is 0.449. The van der Waals surface area contributed by atoms with Gasteiger partial charge in [0, 0.05) is 12.5 Å². The van der Waals surface area contributed by atoms with Crippen molar-refractivity contribution in [2.75, 3.05) is 0 Å². The fourth-order valence-corrected chi connectivity index (χ4v) is 1.79. The molecule has 4 heteroatoms. The van der Waals surface area contributed by atoms with E-state index in [0.29, 0.717) is 5.39 Å². The summed E-state index contributed by atoms with van der Waals surface area (Å²) in [6, 6.07) is 10.1. The van der Waals surface area contributed by atoms with Crippen molar-refractivity contribution in [1.29, 1.82) is 0 Å². The van der Waals surface area contributed by atoms with Crippen molar-refractivity contribution in [1.82, 2.24) is 0 Å². The third-order valence-electron chi connectivity index (χ3n) is 2.49. The van der Waals surface area contributed by atoms with Crippen molar-refractivity contribution in [3.8, 4) is 0 Å². The normalized spacial score (nSPS) is 10.2. The molecule has 0 heterocycles. The van der Waals surface area contributed by atoms with E-state index in [-0.39, 0.29) is 12.1 Å². The Balaban J connectivity index is 2.75. The zero-order valence-corrected chi connectivity index (χ0v) is 8.42. The van der Waals surface area contributed by atoms with Gasteiger partial charge in [0.2, 0.25) is 0 Å². The summed E-state index contributed by atoms with van der Waals surface area (Å²) in [7, 11) is 0. The second-order valence-electron chi connectivity index (χ2n) is 3.42. The second-order valence-corrected chi connectivity index (χ2v) is 3.42. The zero-order chi connectivity index (χ0) is 11.5.